The van der Waals surface area contributed by atoms with E-state index in [1.807, 2.05) is 30.3 Å². The highest BCUT2D eigenvalue weighted by molar-refractivity contribution is 5.93. The summed E-state index contributed by atoms with van der Waals surface area (Å²) >= 11 is 0. The molecular weight excluding hydrogens is 365 g/mol. The number of hydrogen-bond acceptors (Lipinski definition) is 4. The van der Waals surface area contributed by atoms with Gasteiger partial charge < -0.3 is 10.2 Å². The third kappa shape index (κ3) is 4.70. The van der Waals surface area contributed by atoms with Crippen molar-refractivity contribution in [2.45, 2.75) is 19.3 Å². The van der Waals surface area contributed by atoms with E-state index in [9.17, 15) is 24.1 Å². The summed E-state index contributed by atoms with van der Waals surface area (Å²) in [6.07, 6.45) is 1.49. The molecule has 1 unspecified atom stereocenters. The number of nitrogens with zero attached hydrogens (tertiary/aromatic N) is 2. The minimum Gasteiger partial charge on any atom is -0.342 e. The lowest BCUT2D eigenvalue weighted by Gasteiger charge is -2.32. The van der Waals surface area contributed by atoms with Gasteiger partial charge in [-0.05, 0) is 24.5 Å². The maximum Gasteiger partial charge on any atom is 0.271 e. The van der Waals surface area contributed by atoms with Crippen LogP contribution in [0, 0.1) is 21.8 Å². The Balaban J connectivity index is 1.64. The van der Waals surface area contributed by atoms with E-state index in [2.05, 4.69) is 5.32 Å². The monoisotopic (exact) mass is 385 g/mol. The van der Waals surface area contributed by atoms with E-state index < -0.39 is 22.6 Å². The largest absolute Gasteiger partial charge is 0.342 e. The molecule has 0 saturated carbocycles. The fourth-order valence-electron chi connectivity index (χ4n) is 3.26. The molecule has 2 aromatic rings. The first-order valence-corrected chi connectivity index (χ1v) is 9.00. The third-order valence-electron chi connectivity index (χ3n) is 4.76. The number of piperidine rings is 1. The molecular formula is C20H20FN3O4. The molecule has 146 valence electrons. The number of amides is 2. The highest BCUT2D eigenvalue weighted by Crippen LogP contribution is 2.24. The highest BCUT2D eigenvalue weighted by Gasteiger charge is 2.29. The van der Waals surface area contributed by atoms with E-state index in [1.54, 1.807) is 4.90 Å². The molecule has 1 saturated heterocycles. The van der Waals surface area contributed by atoms with E-state index in [-0.39, 0.29) is 30.2 Å². The van der Waals surface area contributed by atoms with E-state index in [0.29, 0.717) is 19.4 Å². The van der Waals surface area contributed by atoms with Crippen molar-refractivity contribution in [1.29, 1.82) is 0 Å². The minimum absolute atomic E-state index is 0.0646. The van der Waals surface area contributed by atoms with Gasteiger partial charge in [-0.3, -0.25) is 19.7 Å². The van der Waals surface area contributed by atoms with Gasteiger partial charge in [-0.15, -0.1) is 0 Å². The molecule has 3 rings (SSSR count). The number of hydrogen-bond donors (Lipinski definition) is 1. The average molecular weight is 385 g/mol. The smallest absolute Gasteiger partial charge is 0.271 e. The van der Waals surface area contributed by atoms with Crippen molar-refractivity contribution in [2.75, 3.05) is 18.4 Å². The Labute approximate surface area is 161 Å². The molecule has 1 N–H and O–H groups in total. The van der Waals surface area contributed by atoms with Gasteiger partial charge in [0.2, 0.25) is 11.8 Å². The van der Waals surface area contributed by atoms with Gasteiger partial charge in [-0.25, -0.2) is 4.39 Å². The van der Waals surface area contributed by atoms with E-state index in [0.717, 1.165) is 23.8 Å². The van der Waals surface area contributed by atoms with Gasteiger partial charge in [-0.1, -0.05) is 30.3 Å². The molecule has 0 aromatic heterocycles. The molecule has 2 aromatic carbocycles. The number of nitro groups is 1. The first-order chi connectivity index (χ1) is 13.4. The normalized spacial score (nSPS) is 16.5. The average Bonchev–Trinajstić information content (AvgIpc) is 2.70. The second-order valence-electron chi connectivity index (χ2n) is 6.75. The Bertz CT molecular complexity index is 888. The number of likely N-dealkylation sites (tertiary alicyclic amines) is 1. The molecule has 0 spiro atoms. The highest BCUT2D eigenvalue weighted by atomic mass is 19.1. The molecule has 28 heavy (non-hydrogen) atoms. The van der Waals surface area contributed by atoms with Crippen molar-refractivity contribution >= 4 is 23.2 Å². The topological polar surface area (TPSA) is 92.5 Å². The number of halogens is 1. The first kappa shape index (κ1) is 19.5. The van der Waals surface area contributed by atoms with Crippen molar-refractivity contribution < 1.29 is 18.9 Å². The van der Waals surface area contributed by atoms with Crippen molar-refractivity contribution in [1.82, 2.24) is 4.90 Å². The summed E-state index contributed by atoms with van der Waals surface area (Å²) in [5.41, 5.74) is 0.365. The van der Waals surface area contributed by atoms with Crippen molar-refractivity contribution in [3.63, 3.8) is 0 Å². The summed E-state index contributed by atoms with van der Waals surface area (Å²) < 4.78 is 13.9. The lowest BCUT2D eigenvalue weighted by atomic mass is 9.96. The number of anilines is 1. The maximum absolute atomic E-state index is 13.9. The van der Waals surface area contributed by atoms with Crippen molar-refractivity contribution in [3.8, 4) is 0 Å². The van der Waals surface area contributed by atoms with Crippen LogP contribution in [0.15, 0.2) is 48.5 Å². The second kappa shape index (κ2) is 8.60. The molecule has 2 amide bonds. The van der Waals surface area contributed by atoms with Crippen LogP contribution in [0.25, 0.3) is 0 Å². The lowest BCUT2D eigenvalue weighted by Crippen LogP contribution is -2.44. The Hall–Kier alpha value is -3.29. The Kier molecular flexibility index (Phi) is 5.98. The third-order valence-corrected chi connectivity index (χ3v) is 4.76. The molecule has 1 aliphatic heterocycles. The van der Waals surface area contributed by atoms with Crippen LogP contribution in [0.1, 0.15) is 18.4 Å². The summed E-state index contributed by atoms with van der Waals surface area (Å²) in [6, 6.07) is 12.3. The maximum atomic E-state index is 13.9. The van der Waals surface area contributed by atoms with Crippen LogP contribution in [0.5, 0.6) is 0 Å². The SMILES string of the molecule is O=C(Nc1cc([N+](=O)[O-])ccc1F)C1CCCN(C(=O)Cc2ccccc2)C1. The van der Waals surface area contributed by atoms with Crippen LogP contribution in [0.2, 0.25) is 0 Å². The van der Waals surface area contributed by atoms with Crippen LogP contribution in [-0.4, -0.2) is 34.7 Å². The molecule has 1 aliphatic rings. The molecule has 0 radical (unpaired) electrons. The molecule has 0 bridgehead atoms. The minimum atomic E-state index is -0.744. The van der Waals surface area contributed by atoms with Crippen molar-refractivity contribution in [2.24, 2.45) is 5.92 Å². The number of carbonyl (C=O) groups excluding carboxylic acids is 2. The molecule has 1 heterocycles. The molecule has 1 fully saturated rings. The summed E-state index contributed by atoms with van der Waals surface area (Å²) in [4.78, 5) is 36.9. The zero-order valence-corrected chi connectivity index (χ0v) is 15.1. The number of non-ortho nitro benzene ring substituents is 1. The van der Waals surface area contributed by atoms with Gasteiger partial charge in [0.1, 0.15) is 5.82 Å². The van der Waals surface area contributed by atoms with Crippen LogP contribution < -0.4 is 5.32 Å². The predicted octanol–water partition coefficient (Wildman–Crippen LogP) is 3.15. The number of rotatable bonds is 5. The van der Waals surface area contributed by atoms with Gasteiger partial charge >= 0.3 is 0 Å². The van der Waals surface area contributed by atoms with Gasteiger partial charge in [0, 0.05) is 25.2 Å². The summed E-state index contributed by atoms with van der Waals surface area (Å²) in [6.45, 7) is 0.814. The fraction of sp³-hybridized carbons (Fsp3) is 0.300. The van der Waals surface area contributed by atoms with E-state index in [4.69, 9.17) is 0 Å². The molecule has 7 nitrogen and oxygen atoms in total. The van der Waals surface area contributed by atoms with Crippen LogP contribution in [-0.2, 0) is 16.0 Å². The number of carbonyl (C=O) groups is 2. The predicted molar refractivity (Wildman–Crippen MR) is 101 cm³/mol. The van der Waals surface area contributed by atoms with Gasteiger partial charge in [0.15, 0.2) is 0 Å². The summed E-state index contributed by atoms with van der Waals surface area (Å²) in [5, 5.41) is 13.3. The summed E-state index contributed by atoms with van der Waals surface area (Å²) in [7, 11) is 0. The number of benzene rings is 2. The molecule has 0 aliphatic carbocycles. The van der Waals surface area contributed by atoms with Gasteiger partial charge in [0.05, 0.1) is 22.9 Å². The fourth-order valence-corrected chi connectivity index (χ4v) is 3.26. The Morgan fingerprint density at radius 1 is 1.21 bits per heavy atom. The second-order valence-corrected chi connectivity index (χ2v) is 6.75. The number of nitrogens with one attached hydrogen (secondary N) is 1. The molecule has 1 atom stereocenters. The van der Waals surface area contributed by atoms with Gasteiger partial charge in [-0.2, -0.15) is 0 Å². The quantitative estimate of drug-likeness (QED) is 0.632. The number of nitro benzene ring substituents is 1. The van der Waals surface area contributed by atoms with E-state index in [1.165, 1.54) is 0 Å². The van der Waals surface area contributed by atoms with Crippen LogP contribution in [0.4, 0.5) is 15.8 Å². The van der Waals surface area contributed by atoms with E-state index >= 15 is 0 Å². The standard InChI is InChI=1S/C20H20FN3O4/c21-17-9-8-16(24(27)28)12-18(17)22-20(26)15-7-4-10-23(13-15)19(25)11-14-5-2-1-3-6-14/h1-3,5-6,8-9,12,15H,4,7,10-11,13H2,(H,22,26). The van der Waals surface area contributed by atoms with Crippen molar-refractivity contribution in [3.05, 3.63) is 70.0 Å². The van der Waals surface area contributed by atoms with Crippen LogP contribution in [0.3, 0.4) is 0 Å². The lowest BCUT2D eigenvalue weighted by molar-refractivity contribution is -0.384. The Morgan fingerprint density at radius 3 is 2.68 bits per heavy atom. The van der Waals surface area contributed by atoms with Crippen LogP contribution >= 0.6 is 0 Å². The zero-order valence-electron chi connectivity index (χ0n) is 15.1. The summed E-state index contributed by atoms with van der Waals surface area (Å²) in [5.74, 6) is -1.75. The first-order valence-electron chi connectivity index (χ1n) is 9.00. The Morgan fingerprint density at radius 2 is 1.96 bits per heavy atom. The van der Waals surface area contributed by atoms with Gasteiger partial charge in [0.25, 0.3) is 5.69 Å². The molecule has 8 heteroatoms. The zero-order chi connectivity index (χ0) is 20.1.